The van der Waals surface area contributed by atoms with E-state index in [2.05, 4.69) is 60.1 Å². The fourth-order valence-corrected chi connectivity index (χ4v) is 2.64. The highest BCUT2D eigenvalue weighted by Crippen LogP contribution is 2.21. The molecule has 0 aliphatic heterocycles. The third kappa shape index (κ3) is 3.93. The molecule has 0 bridgehead atoms. The van der Waals surface area contributed by atoms with E-state index in [0.717, 1.165) is 11.1 Å². The zero-order valence-corrected chi connectivity index (χ0v) is 14.0. The first-order chi connectivity index (χ1) is 11.1. The molecule has 0 N–H and O–H groups in total. The maximum absolute atomic E-state index is 6.04. The van der Waals surface area contributed by atoms with Gasteiger partial charge in [0.25, 0.3) is 0 Å². The van der Waals surface area contributed by atoms with Crippen LogP contribution < -0.4 is 0 Å². The van der Waals surface area contributed by atoms with Gasteiger partial charge < -0.3 is 0 Å². The molecule has 112 valence electrons. The summed E-state index contributed by atoms with van der Waals surface area (Å²) in [6.45, 7) is 2.09. The molecule has 0 radical (unpaired) electrons. The van der Waals surface area contributed by atoms with Crippen molar-refractivity contribution >= 4 is 23.2 Å². The molecule has 0 amide bonds. The minimum absolute atomic E-state index is 0.319. The summed E-state index contributed by atoms with van der Waals surface area (Å²) in [6, 6.07) is 20.0. The smallest absolute Gasteiger partial charge is 0.146 e. The highest BCUT2D eigenvalue weighted by Gasteiger charge is 2.00. The number of aryl methyl sites for hydroxylation is 1. The second-order valence-electron chi connectivity index (χ2n) is 5.17. The van der Waals surface area contributed by atoms with Crippen molar-refractivity contribution in [3.05, 3.63) is 87.7 Å². The molecule has 0 saturated carbocycles. The molecule has 1 nitrogen and oxygen atoms in total. The molecule has 2 aromatic carbocycles. The molecule has 1 heterocycles. The van der Waals surface area contributed by atoms with Crippen molar-refractivity contribution < 1.29 is 0 Å². The van der Waals surface area contributed by atoms with Gasteiger partial charge in [0.1, 0.15) is 10.3 Å². The van der Waals surface area contributed by atoms with Gasteiger partial charge in [-0.2, -0.15) is 0 Å². The molecule has 1 aromatic heterocycles. The van der Waals surface area contributed by atoms with Crippen LogP contribution in [0, 0.1) is 18.8 Å². The van der Waals surface area contributed by atoms with Gasteiger partial charge in [-0.05, 0) is 42.3 Å². The van der Waals surface area contributed by atoms with Crippen LogP contribution in [0.2, 0.25) is 10.3 Å². The van der Waals surface area contributed by atoms with E-state index in [1.165, 1.54) is 11.1 Å². The largest absolute Gasteiger partial charge is 0.223 e. The average molecular weight is 338 g/mol. The maximum atomic E-state index is 6.04. The fourth-order valence-electron chi connectivity index (χ4n) is 2.25. The summed E-state index contributed by atoms with van der Waals surface area (Å²) in [7, 11) is 0. The van der Waals surface area contributed by atoms with Gasteiger partial charge in [0.05, 0.1) is 5.56 Å². The molecular weight excluding hydrogens is 325 g/mol. The first-order valence-corrected chi connectivity index (χ1v) is 7.88. The van der Waals surface area contributed by atoms with Crippen molar-refractivity contribution in [1.82, 2.24) is 4.98 Å². The third-order valence-corrected chi connectivity index (χ3v) is 3.87. The number of rotatable bonds is 1. The lowest BCUT2D eigenvalue weighted by Crippen LogP contribution is -1.84. The first kappa shape index (κ1) is 15.6. The normalized spacial score (nSPS) is 10.0. The summed E-state index contributed by atoms with van der Waals surface area (Å²) in [5.74, 6) is 6.17. The van der Waals surface area contributed by atoms with Gasteiger partial charge >= 0.3 is 0 Å². The number of hydrogen-bond acceptors (Lipinski definition) is 1. The maximum Gasteiger partial charge on any atom is 0.146 e. The van der Waals surface area contributed by atoms with Crippen LogP contribution in [-0.4, -0.2) is 4.98 Å². The van der Waals surface area contributed by atoms with Crippen LogP contribution in [0.3, 0.4) is 0 Å². The van der Waals surface area contributed by atoms with E-state index in [9.17, 15) is 0 Å². The molecule has 0 aliphatic rings. The molecular formula is C20H13Cl2N. The molecule has 0 aliphatic carbocycles. The summed E-state index contributed by atoms with van der Waals surface area (Å²) in [4.78, 5) is 3.99. The van der Waals surface area contributed by atoms with Gasteiger partial charge in [0, 0.05) is 5.56 Å². The molecule has 3 rings (SSSR count). The lowest BCUT2D eigenvalue weighted by atomic mass is 10.0. The van der Waals surface area contributed by atoms with E-state index in [1.807, 2.05) is 12.1 Å². The molecule has 3 heteroatoms. The van der Waals surface area contributed by atoms with Crippen LogP contribution in [0.15, 0.2) is 60.7 Å². The van der Waals surface area contributed by atoms with E-state index < -0.39 is 0 Å². The topological polar surface area (TPSA) is 12.9 Å². The van der Waals surface area contributed by atoms with E-state index in [4.69, 9.17) is 23.2 Å². The highest BCUT2D eigenvalue weighted by atomic mass is 35.5. The molecule has 3 aromatic rings. The van der Waals surface area contributed by atoms with Crippen molar-refractivity contribution in [3.63, 3.8) is 0 Å². The summed E-state index contributed by atoms with van der Waals surface area (Å²) < 4.78 is 0. The number of nitrogens with zero attached hydrogens (tertiary/aromatic N) is 1. The molecule has 0 atom stereocenters. The van der Waals surface area contributed by atoms with Crippen molar-refractivity contribution in [1.29, 1.82) is 0 Å². The molecule has 0 unspecified atom stereocenters. The van der Waals surface area contributed by atoms with Crippen LogP contribution >= 0.6 is 23.2 Å². The SMILES string of the molecule is Cc1cccc(-c2cccc(C#Cc3ccc(Cl)nc3Cl)c2)c1. The summed E-state index contributed by atoms with van der Waals surface area (Å²) in [5.41, 5.74) is 5.14. The van der Waals surface area contributed by atoms with Crippen molar-refractivity contribution in [2.45, 2.75) is 6.92 Å². The molecule has 0 fully saturated rings. The van der Waals surface area contributed by atoms with Gasteiger partial charge in [-0.1, -0.05) is 77.0 Å². The summed E-state index contributed by atoms with van der Waals surface area (Å²) in [6.07, 6.45) is 0. The quantitative estimate of drug-likeness (QED) is 0.406. The van der Waals surface area contributed by atoms with Crippen molar-refractivity contribution in [2.75, 3.05) is 0 Å². The Morgan fingerprint density at radius 1 is 0.826 bits per heavy atom. The van der Waals surface area contributed by atoms with Crippen molar-refractivity contribution in [2.24, 2.45) is 0 Å². The minimum Gasteiger partial charge on any atom is -0.223 e. The number of hydrogen-bond donors (Lipinski definition) is 0. The van der Waals surface area contributed by atoms with E-state index in [-0.39, 0.29) is 0 Å². The fraction of sp³-hybridized carbons (Fsp3) is 0.0500. The van der Waals surface area contributed by atoms with Crippen molar-refractivity contribution in [3.8, 4) is 23.0 Å². The van der Waals surface area contributed by atoms with Gasteiger partial charge in [0.15, 0.2) is 0 Å². The number of pyridine rings is 1. The lowest BCUT2D eigenvalue weighted by molar-refractivity contribution is 1.31. The predicted octanol–water partition coefficient (Wildman–Crippen LogP) is 5.76. The number of aromatic nitrogens is 1. The van der Waals surface area contributed by atoms with Gasteiger partial charge in [-0.3, -0.25) is 0 Å². The Balaban J connectivity index is 1.94. The Kier molecular flexibility index (Phi) is 4.67. The number of benzene rings is 2. The Hall–Kier alpha value is -2.27. The summed E-state index contributed by atoms with van der Waals surface area (Å²) >= 11 is 11.8. The zero-order chi connectivity index (χ0) is 16.2. The Morgan fingerprint density at radius 2 is 1.57 bits per heavy atom. The van der Waals surface area contributed by atoms with E-state index >= 15 is 0 Å². The second-order valence-corrected chi connectivity index (χ2v) is 5.92. The van der Waals surface area contributed by atoms with Gasteiger partial charge in [0.2, 0.25) is 0 Å². The van der Waals surface area contributed by atoms with Gasteiger partial charge in [-0.25, -0.2) is 4.98 Å². The standard InChI is InChI=1S/C20H13Cl2N/c1-14-4-2-6-17(12-14)18-7-3-5-15(13-18)8-9-16-10-11-19(21)23-20(16)22/h2-7,10-13H,1H3. The molecule has 23 heavy (non-hydrogen) atoms. The average Bonchev–Trinajstić information content (AvgIpc) is 2.54. The van der Waals surface area contributed by atoms with Crippen LogP contribution in [-0.2, 0) is 0 Å². The minimum atomic E-state index is 0.319. The van der Waals surface area contributed by atoms with Crippen LogP contribution in [0.5, 0.6) is 0 Å². The third-order valence-electron chi connectivity index (χ3n) is 3.37. The molecule has 0 spiro atoms. The van der Waals surface area contributed by atoms with Crippen LogP contribution in [0.4, 0.5) is 0 Å². The first-order valence-electron chi connectivity index (χ1n) is 7.13. The Bertz CT molecular complexity index is 920. The summed E-state index contributed by atoms with van der Waals surface area (Å²) in [5, 5.41) is 0.682. The highest BCUT2D eigenvalue weighted by molar-refractivity contribution is 6.33. The lowest BCUT2D eigenvalue weighted by Gasteiger charge is -2.03. The monoisotopic (exact) mass is 337 g/mol. The van der Waals surface area contributed by atoms with Gasteiger partial charge in [-0.15, -0.1) is 0 Å². The number of halogens is 2. The van der Waals surface area contributed by atoms with E-state index in [0.29, 0.717) is 15.9 Å². The Morgan fingerprint density at radius 3 is 2.30 bits per heavy atom. The Labute approximate surface area is 145 Å². The zero-order valence-electron chi connectivity index (χ0n) is 12.5. The predicted molar refractivity (Wildman–Crippen MR) is 96.9 cm³/mol. The van der Waals surface area contributed by atoms with Crippen LogP contribution in [0.25, 0.3) is 11.1 Å². The molecule has 0 saturated heterocycles. The van der Waals surface area contributed by atoms with E-state index in [1.54, 1.807) is 12.1 Å². The van der Waals surface area contributed by atoms with Crippen LogP contribution in [0.1, 0.15) is 16.7 Å². The second kappa shape index (κ2) is 6.87.